The molecule has 23 heavy (non-hydrogen) atoms. The summed E-state index contributed by atoms with van der Waals surface area (Å²) in [6.07, 6.45) is 4.43. The number of nitrogens with zero attached hydrogens (tertiary/aromatic N) is 2. The Morgan fingerprint density at radius 3 is 2.57 bits per heavy atom. The van der Waals surface area contributed by atoms with Gasteiger partial charge in [0, 0.05) is 56.7 Å². The molecule has 0 aromatic heterocycles. The summed E-state index contributed by atoms with van der Waals surface area (Å²) in [5, 5.41) is 7.20. The molecule has 2 N–H and O–H groups in total. The van der Waals surface area contributed by atoms with Crippen LogP contribution >= 0.6 is 11.8 Å². The lowest BCUT2D eigenvalue weighted by molar-refractivity contribution is 0.0782. The number of hydrogen-bond acceptors (Lipinski definition) is 4. The Morgan fingerprint density at radius 1 is 1.35 bits per heavy atom. The Morgan fingerprint density at radius 2 is 2.04 bits per heavy atom. The maximum atomic E-state index is 5.52. The SMILES string of the molecule is CN=C(NCC1(SC)CCOCC1)NC1CN(C(C)C)CC1C. The van der Waals surface area contributed by atoms with Crippen molar-refractivity contribution in [3.63, 3.8) is 0 Å². The molecule has 0 aliphatic carbocycles. The highest BCUT2D eigenvalue weighted by Crippen LogP contribution is 2.33. The third kappa shape index (κ3) is 5.00. The van der Waals surface area contributed by atoms with Gasteiger partial charge in [-0.3, -0.25) is 9.89 Å². The summed E-state index contributed by atoms with van der Waals surface area (Å²) in [6.45, 7) is 11.8. The second kappa shape index (κ2) is 8.58. The van der Waals surface area contributed by atoms with Gasteiger partial charge in [0.25, 0.3) is 0 Å². The molecular formula is C17H34N4OS. The highest BCUT2D eigenvalue weighted by atomic mass is 32.2. The molecule has 0 saturated carbocycles. The van der Waals surface area contributed by atoms with Crippen LogP contribution in [0.5, 0.6) is 0 Å². The quantitative estimate of drug-likeness (QED) is 0.589. The molecule has 2 fully saturated rings. The zero-order valence-electron chi connectivity index (χ0n) is 15.4. The van der Waals surface area contributed by atoms with Gasteiger partial charge in [-0.1, -0.05) is 6.92 Å². The molecule has 6 heteroatoms. The maximum Gasteiger partial charge on any atom is 0.191 e. The van der Waals surface area contributed by atoms with Crippen LogP contribution in [0, 0.1) is 5.92 Å². The predicted octanol–water partition coefficient (Wildman–Crippen LogP) is 1.79. The minimum absolute atomic E-state index is 0.279. The second-order valence-corrected chi connectivity index (χ2v) is 8.48. The summed E-state index contributed by atoms with van der Waals surface area (Å²) < 4.78 is 5.80. The van der Waals surface area contributed by atoms with Crippen LogP contribution in [0.3, 0.4) is 0 Å². The minimum Gasteiger partial charge on any atom is -0.381 e. The fraction of sp³-hybridized carbons (Fsp3) is 0.941. The van der Waals surface area contributed by atoms with Gasteiger partial charge in [0.1, 0.15) is 0 Å². The molecule has 2 atom stereocenters. The van der Waals surface area contributed by atoms with Gasteiger partial charge in [-0.2, -0.15) is 11.8 Å². The van der Waals surface area contributed by atoms with Crippen LogP contribution in [0.4, 0.5) is 0 Å². The summed E-state index contributed by atoms with van der Waals surface area (Å²) in [5.74, 6) is 1.58. The van der Waals surface area contributed by atoms with Crippen molar-refractivity contribution in [3.05, 3.63) is 0 Å². The second-order valence-electron chi connectivity index (χ2n) is 7.20. The Kier molecular flexibility index (Phi) is 7.04. The predicted molar refractivity (Wildman–Crippen MR) is 100 cm³/mol. The lowest BCUT2D eigenvalue weighted by atomic mass is 9.99. The highest BCUT2D eigenvalue weighted by Gasteiger charge is 2.34. The van der Waals surface area contributed by atoms with Crippen molar-refractivity contribution in [1.29, 1.82) is 0 Å². The molecule has 0 spiro atoms. The molecular weight excluding hydrogens is 308 g/mol. The fourth-order valence-electron chi connectivity index (χ4n) is 3.43. The summed E-state index contributed by atoms with van der Waals surface area (Å²) in [7, 11) is 1.87. The first-order chi connectivity index (χ1) is 11.0. The molecule has 0 aromatic carbocycles. The van der Waals surface area contributed by atoms with Crippen molar-refractivity contribution in [1.82, 2.24) is 15.5 Å². The summed E-state index contributed by atoms with van der Waals surface area (Å²) in [4.78, 5) is 6.98. The first-order valence-electron chi connectivity index (χ1n) is 8.84. The van der Waals surface area contributed by atoms with Crippen LogP contribution < -0.4 is 10.6 Å². The van der Waals surface area contributed by atoms with Gasteiger partial charge in [0.05, 0.1) is 0 Å². The summed E-state index contributed by atoms with van der Waals surface area (Å²) >= 11 is 1.96. The Bertz CT molecular complexity index is 396. The number of nitrogens with one attached hydrogen (secondary N) is 2. The Balaban J connectivity index is 1.86. The van der Waals surface area contributed by atoms with E-state index in [-0.39, 0.29) is 4.75 Å². The van der Waals surface area contributed by atoms with Gasteiger partial charge < -0.3 is 15.4 Å². The largest absolute Gasteiger partial charge is 0.381 e. The number of ether oxygens (including phenoxy) is 1. The van der Waals surface area contributed by atoms with E-state index in [4.69, 9.17) is 4.74 Å². The normalized spacial score (nSPS) is 29.0. The van der Waals surface area contributed by atoms with Crippen LogP contribution in [0.15, 0.2) is 4.99 Å². The van der Waals surface area contributed by atoms with Crippen molar-refractivity contribution in [3.8, 4) is 0 Å². The molecule has 2 aliphatic rings. The Hall–Kier alpha value is -0.460. The number of likely N-dealkylation sites (tertiary alicyclic amines) is 1. The van der Waals surface area contributed by atoms with Crippen molar-refractivity contribution in [2.45, 2.75) is 50.4 Å². The molecule has 0 bridgehead atoms. The van der Waals surface area contributed by atoms with Gasteiger partial charge in [-0.15, -0.1) is 0 Å². The first kappa shape index (κ1) is 18.9. The molecule has 2 heterocycles. The monoisotopic (exact) mass is 342 g/mol. The van der Waals surface area contributed by atoms with Crippen LogP contribution in [0.25, 0.3) is 0 Å². The molecule has 2 unspecified atom stereocenters. The molecule has 2 aliphatic heterocycles. The van der Waals surface area contributed by atoms with Crippen molar-refractivity contribution < 1.29 is 4.74 Å². The Labute approximate surface area is 146 Å². The van der Waals surface area contributed by atoms with Gasteiger partial charge in [0.15, 0.2) is 5.96 Å². The number of rotatable bonds is 5. The van der Waals surface area contributed by atoms with Crippen LogP contribution in [0.1, 0.15) is 33.6 Å². The van der Waals surface area contributed by atoms with Gasteiger partial charge >= 0.3 is 0 Å². The van der Waals surface area contributed by atoms with Gasteiger partial charge in [-0.25, -0.2) is 0 Å². The van der Waals surface area contributed by atoms with Crippen LogP contribution in [-0.2, 0) is 4.74 Å². The zero-order valence-corrected chi connectivity index (χ0v) is 16.2. The average Bonchev–Trinajstić information content (AvgIpc) is 2.93. The van der Waals surface area contributed by atoms with Crippen LogP contribution in [0.2, 0.25) is 0 Å². The molecule has 0 aromatic rings. The van der Waals surface area contributed by atoms with Crippen molar-refractivity contribution in [2.24, 2.45) is 10.9 Å². The third-order valence-electron chi connectivity index (χ3n) is 5.33. The highest BCUT2D eigenvalue weighted by molar-refractivity contribution is 8.00. The standard InChI is InChI=1S/C17H34N4OS/c1-13(2)21-10-14(3)15(11-21)20-16(18-4)19-12-17(23-5)6-8-22-9-7-17/h13-15H,6-12H2,1-5H3,(H2,18,19,20). The lowest BCUT2D eigenvalue weighted by Gasteiger charge is -2.36. The van der Waals surface area contributed by atoms with Gasteiger partial charge in [0.2, 0.25) is 0 Å². The molecule has 5 nitrogen and oxygen atoms in total. The zero-order chi connectivity index (χ0) is 16.9. The van der Waals surface area contributed by atoms with E-state index in [1.165, 1.54) is 6.54 Å². The van der Waals surface area contributed by atoms with Crippen LogP contribution in [-0.4, -0.2) is 73.8 Å². The smallest absolute Gasteiger partial charge is 0.191 e. The lowest BCUT2D eigenvalue weighted by Crippen LogP contribution is -2.51. The minimum atomic E-state index is 0.279. The molecule has 2 rings (SSSR count). The molecule has 134 valence electrons. The van der Waals surface area contributed by atoms with Gasteiger partial charge in [-0.05, 0) is 38.9 Å². The van der Waals surface area contributed by atoms with Crippen molar-refractivity contribution >= 4 is 17.7 Å². The molecule has 0 radical (unpaired) electrons. The van der Waals surface area contributed by atoms with E-state index in [0.29, 0.717) is 18.0 Å². The number of thioether (sulfide) groups is 1. The van der Waals surface area contributed by atoms with Crippen molar-refractivity contribution in [2.75, 3.05) is 46.2 Å². The fourth-order valence-corrected chi connectivity index (χ4v) is 4.22. The number of aliphatic imine (C=N–C) groups is 1. The number of hydrogen-bond donors (Lipinski definition) is 2. The summed E-state index contributed by atoms with van der Waals surface area (Å²) in [6, 6.07) is 1.09. The first-order valence-corrected chi connectivity index (χ1v) is 10.1. The topological polar surface area (TPSA) is 48.9 Å². The summed E-state index contributed by atoms with van der Waals surface area (Å²) in [5.41, 5.74) is 0. The number of guanidine groups is 1. The van der Waals surface area contributed by atoms with E-state index in [1.54, 1.807) is 0 Å². The molecule has 0 amide bonds. The van der Waals surface area contributed by atoms with E-state index in [1.807, 2.05) is 18.8 Å². The molecule has 2 saturated heterocycles. The average molecular weight is 343 g/mol. The van der Waals surface area contributed by atoms with E-state index in [9.17, 15) is 0 Å². The van der Waals surface area contributed by atoms with E-state index in [0.717, 1.165) is 45.1 Å². The van der Waals surface area contributed by atoms with E-state index in [2.05, 4.69) is 47.6 Å². The van der Waals surface area contributed by atoms with E-state index < -0.39 is 0 Å². The third-order valence-corrected chi connectivity index (χ3v) is 6.75. The maximum absolute atomic E-state index is 5.52. The van der Waals surface area contributed by atoms with E-state index >= 15 is 0 Å².